The third-order valence-corrected chi connectivity index (χ3v) is 6.55. The van der Waals surface area contributed by atoms with Gasteiger partial charge in [-0.05, 0) is 29.5 Å². The Hall–Kier alpha value is -1.60. The van der Waals surface area contributed by atoms with E-state index in [1.54, 1.807) is 0 Å². The van der Waals surface area contributed by atoms with E-state index >= 15 is 0 Å². The Kier molecular flexibility index (Phi) is 4.33. The van der Waals surface area contributed by atoms with Crippen LogP contribution in [-0.4, -0.2) is 44.1 Å². The topological polar surface area (TPSA) is 89.7 Å². The lowest BCUT2D eigenvalue weighted by molar-refractivity contribution is -0.122. The van der Waals surface area contributed by atoms with Crippen molar-refractivity contribution in [3.63, 3.8) is 0 Å². The summed E-state index contributed by atoms with van der Waals surface area (Å²) in [6, 6.07) is 5.85. The molecule has 0 saturated carbocycles. The molecule has 23 heavy (non-hydrogen) atoms. The van der Waals surface area contributed by atoms with E-state index in [0.29, 0.717) is 19.6 Å². The average molecular weight is 338 g/mol. The van der Waals surface area contributed by atoms with Crippen LogP contribution in [0.3, 0.4) is 0 Å². The lowest BCUT2D eigenvalue weighted by Crippen LogP contribution is -2.33. The minimum atomic E-state index is -3.38. The van der Waals surface area contributed by atoms with E-state index in [1.165, 1.54) is 4.31 Å². The lowest BCUT2D eigenvalue weighted by Gasteiger charge is -2.16. The standard InChI is InChI=1S/C16H22N2O4S/c1-11-9-18(10-14(11)16(17)19)23(20,21)7-5-12-2-3-15-13(8-12)4-6-22-15/h2-3,8,11,14H,4-7,9-10H2,1H3,(H2,17,19)/t11-,14-/m1/s1. The Morgan fingerprint density at radius 2 is 2.17 bits per heavy atom. The third kappa shape index (κ3) is 3.35. The van der Waals surface area contributed by atoms with Crippen molar-refractivity contribution < 1.29 is 17.9 Å². The molecule has 2 aliphatic heterocycles. The normalized spacial score (nSPS) is 24.4. The zero-order valence-corrected chi connectivity index (χ0v) is 14.0. The van der Waals surface area contributed by atoms with E-state index in [-0.39, 0.29) is 24.1 Å². The van der Waals surface area contributed by atoms with E-state index in [2.05, 4.69) is 0 Å². The molecule has 7 heteroatoms. The fraction of sp³-hybridized carbons (Fsp3) is 0.562. The average Bonchev–Trinajstić information content (AvgIpc) is 3.11. The molecule has 0 spiro atoms. The van der Waals surface area contributed by atoms with E-state index < -0.39 is 15.9 Å². The van der Waals surface area contributed by atoms with Crippen LogP contribution in [0.25, 0.3) is 0 Å². The zero-order valence-electron chi connectivity index (χ0n) is 13.2. The molecule has 2 atom stereocenters. The van der Waals surface area contributed by atoms with Crippen molar-refractivity contribution in [3.05, 3.63) is 29.3 Å². The molecule has 1 aromatic rings. The van der Waals surface area contributed by atoms with Crippen LogP contribution < -0.4 is 10.5 Å². The van der Waals surface area contributed by atoms with Gasteiger partial charge in [0.1, 0.15) is 5.75 Å². The van der Waals surface area contributed by atoms with Crippen LogP contribution in [0.15, 0.2) is 18.2 Å². The van der Waals surface area contributed by atoms with Crippen molar-refractivity contribution in [1.82, 2.24) is 4.31 Å². The highest BCUT2D eigenvalue weighted by Gasteiger charge is 2.38. The summed E-state index contributed by atoms with van der Waals surface area (Å²) in [5.74, 6) is 0.106. The SMILES string of the molecule is C[C@@H]1CN(S(=O)(=O)CCc2ccc3c(c2)CCO3)C[C@H]1C(N)=O. The zero-order chi connectivity index (χ0) is 16.6. The predicted octanol–water partition coefficient (Wildman–Crippen LogP) is 0.547. The lowest BCUT2D eigenvalue weighted by atomic mass is 9.98. The number of fused-ring (bicyclic) bond motifs is 1. The molecule has 0 radical (unpaired) electrons. The summed E-state index contributed by atoms with van der Waals surface area (Å²) in [4.78, 5) is 11.4. The van der Waals surface area contributed by atoms with Crippen LogP contribution in [-0.2, 0) is 27.7 Å². The number of sulfonamides is 1. The first-order valence-corrected chi connectivity index (χ1v) is 9.49. The summed E-state index contributed by atoms with van der Waals surface area (Å²) in [6.07, 6.45) is 1.33. The summed E-state index contributed by atoms with van der Waals surface area (Å²) in [6.45, 7) is 3.13. The van der Waals surface area contributed by atoms with Gasteiger partial charge >= 0.3 is 0 Å². The number of nitrogens with zero attached hydrogens (tertiary/aromatic N) is 1. The highest BCUT2D eigenvalue weighted by atomic mass is 32.2. The summed E-state index contributed by atoms with van der Waals surface area (Å²) < 4.78 is 31.9. The van der Waals surface area contributed by atoms with Crippen LogP contribution in [0.2, 0.25) is 0 Å². The number of carbonyl (C=O) groups excluding carboxylic acids is 1. The maximum absolute atomic E-state index is 12.5. The van der Waals surface area contributed by atoms with Crippen molar-refractivity contribution >= 4 is 15.9 Å². The molecule has 3 rings (SSSR count). The maximum Gasteiger partial charge on any atom is 0.222 e. The Balaban J connectivity index is 1.64. The number of rotatable bonds is 5. The predicted molar refractivity (Wildman–Crippen MR) is 86.6 cm³/mol. The Labute approximate surface area is 136 Å². The number of ether oxygens (including phenoxy) is 1. The van der Waals surface area contributed by atoms with E-state index in [9.17, 15) is 13.2 Å². The fourth-order valence-electron chi connectivity index (χ4n) is 3.29. The van der Waals surface area contributed by atoms with E-state index in [0.717, 1.165) is 23.3 Å². The molecule has 0 aliphatic carbocycles. The van der Waals surface area contributed by atoms with Crippen LogP contribution in [0.5, 0.6) is 5.75 Å². The smallest absolute Gasteiger partial charge is 0.222 e. The van der Waals surface area contributed by atoms with E-state index in [1.807, 2.05) is 25.1 Å². The van der Waals surface area contributed by atoms with Gasteiger partial charge in [0.05, 0.1) is 18.3 Å². The van der Waals surface area contributed by atoms with Gasteiger partial charge in [-0.3, -0.25) is 4.79 Å². The number of hydrogen-bond donors (Lipinski definition) is 1. The highest BCUT2D eigenvalue weighted by Crippen LogP contribution is 2.27. The van der Waals surface area contributed by atoms with Crippen molar-refractivity contribution in [3.8, 4) is 5.75 Å². The number of amides is 1. The molecule has 6 nitrogen and oxygen atoms in total. The molecule has 1 fully saturated rings. The molecule has 2 aliphatic rings. The number of hydrogen-bond acceptors (Lipinski definition) is 4. The van der Waals surface area contributed by atoms with E-state index in [4.69, 9.17) is 10.5 Å². The van der Waals surface area contributed by atoms with Crippen molar-refractivity contribution in [2.45, 2.75) is 19.8 Å². The van der Waals surface area contributed by atoms with Crippen molar-refractivity contribution in [1.29, 1.82) is 0 Å². The summed E-state index contributed by atoms with van der Waals surface area (Å²) in [5.41, 5.74) is 7.48. The Morgan fingerprint density at radius 3 is 2.87 bits per heavy atom. The van der Waals surface area contributed by atoms with Crippen LogP contribution in [0, 0.1) is 11.8 Å². The molecule has 2 N–H and O–H groups in total. The van der Waals surface area contributed by atoms with Gasteiger partial charge in [-0.1, -0.05) is 19.1 Å². The Morgan fingerprint density at radius 1 is 1.39 bits per heavy atom. The maximum atomic E-state index is 12.5. The number of benzene rings is 1. The molecule has 1 saturated heterocycles. The molecular formula is C16H22N2O4S. The van der Waals surface area contributed by atoms with Crippen LogP contribution in [0.1, 0.15) is 18.1 Å². The van der Waals surface area contributed by atoms with Gasteiger partial charge in [0, 0.05) is 19.5 Å². The minimum Gasteiger partial charge on any atom is -0.493 e. The van der Waals surface area contributed by atoms with Gasteiger partial charge in [-0.15, -0.1) is 0 Å². The van der Waals surface area contributed by atoms with Crippen LogP contribution in [0.4, 0.5) is 0 Å². The molecule has 0 aromatic heterocycles. The third-order valence-electron chi connectivity index (χ3n) is 4.74. The van der Waals surface area contributed by atoms with Gasteiger partial charge in [0.25, 0.3) is 0 Å². The second kappa shape index (κ2) is 6.13. The molecule has 0 bridgehead atoms. The quantitative estimate of drug-likeness (QED) is 0.849. The van der Waals surface area contributed by atoms with Gasteiger partial charge in [0.15, 0.2) is 0 Å². The van der Waals surface area contributed by atoms with Gasteiger partial charge in [-0.25, -0.2) is 12.7 Å². The highest BCUT2D eigenvalue weighted by molar-refractivity contribution is 7.89. The number of aryl methyl sites for hydroxylation is 1. The Bertz CT molecular complexity index is 717. The first-order chi connectivity index (χ1) is 10.9. The number of nitrogens with two attached hydrogens (primary N) is 1. The monoisotopic (exact) mass is 338 g/mol. The van der Waals surface area contributed by atoms with Gasteiger partial charge in [0.2, 0.25) is 15.9 Å². The summed E-state index contributed by atoms with van der Waals surface area (Å²) >= 11 is 0. The molecule has 2 heterocycles. The van der Waals surface area contributed by atoms with Crippen molar-refractivity contribution in [2.24, 2.45) is 17.6 Å². The van der Waals surface area contributed by atoms with Crippen molar-refractivity contribution in [2.75, 3.05) is 25.4 Å². The van der Waals surface area contributed by atoms with Gasteiger partial charge < -0.3 is 10.5 Å². The molecule has 126 valence electrons. The number of primary amides is 1. The molecule has 0 unspecified atom stereocenters. The number of carbonyl (C=O) groups is 1. The molecule has 1 amide bonds. The molecular weight excluding hydrogens is 316 g/mol. The fourth-order valence-corrected chi connectivity index (χ4v) is 4.89. The largest absolute Gasteiger partial charge is 0.493 e. The van der Waals surface area contributed by atoms with Gasteiger partial charge in [-0.2, -0.15) is 0 Å². The molecule has 1 aromatic carbocycles. The summed E-state index contributed by atoms with van der Waals surface area (Å²) in [5, 5.41) is 0. The second-order valence-electron chi connectivity index (χ2n) is 6.41. The summed E-state index contributed by atoms with van der Waals surface area (Å²) in [7, 11) is -3.38. The minimum absolute atomic E-state index is 0.0283. The first-order valence-electron chi connectivity index (χ1n) is 7.88. The second-order valence-corrected chi connectivity index (χ2v) is 8.50. The van der Waals surface area contributed by atoms with Crippen LogP contribution >= 0.6 is 0 Å². The first kappa shape index (κ1) is 16.3.